The molecule has 1 aromatic rings. The first kappa shape index (κ1) is 9.07. The van der Waals surface area contributed by atoms with Gasteiger partial charge in [-0.3, -0.25) is 4.79 Å². The summed E-state index contributed by atoms with van der Waals surface area (Å²) < 4.78 is 5.14. The van der Waals surface area contributed by atoms with Crippen LogP contribution in [0.25, 0.3) is 0 Å². The molecular weight excluding hydrogens is 176 g/mol. The molecule has 0 aliphatic heterocycles. The van der Waals surface area contributed by atoms with E-state index in [1.807, 2.05) is 0 Å². The van der Waals surface area contributed by atoms with Crippen molar-refractivity contribution in [1.29, 1.82) is 0 Å². The third-order valence-corrected chi connectivity index (χ3v) is 1.51. The van der Waals surface area contributed by atoms with Crippen LogP contribution in [0.5, 0.6) is 5.75 Å². The van der Waals surface area contributed by atoms with E-state index in [0.717, 1.165) is 0 Å². The molecule has 0 saturated heterocycles. The van der Waals surface area contributed by atoms with E-state index >= 15 is 0 Å². The lowest BCUT2D eigenvalue weighted by Gasteiger charge is -2.07. The van der Waals surface area contributed by atoms with E-state index in [4.69, 9.17) is 16.3 Å². The Morgan fingerprint density at radius 2 is 2.33 bits per heavy atom. The van der Waals surface area contributed by atoms with Crippen LogP contribution < -0.4 is 4.74 Å². The number of hydrogen-bond donors (Lipinski definition) is 0. The molecule has 0 aliphatic rings. The number of ether oxygens (including phenoxy) is 1. The summed E-state index contributed by atoms with van der Waals surface area (Å²) in [5.74, 6) is 0.582. The molecule has 3 heteroatoms. The van der Waals surface area contributed by atoms with Gasteiger partial charge in [-0.2, -0.15) is 0 Å². The van der Waals surface area contributed by atoms with Gasteiger partial charge in [-0.1, -0.05) is 17.7 Å². The molecule has 0 N–H and O–H groups in total. The van der Waals surface area contributed by atoms with Gasteiger partial charge in [-0.15, -0.1) is 0 Å². The van der Waals surface area contributed by atoms with Crippen LogP contribution in [0, 0.1) is 0 Å². The maximum Gasteiger partial charge on any atom is 0.242 e. The lowest BCUT2D eigenvalue weighted by Crippen LogP contribution is -2.12. The number of hydrogen-bond acceptors (Lipinski definition) is 2. The number of halogens is 1. The van der Waals surface area contributed by atoms with Crippen LogP contribution in [-0.4, -0.2) is 12.4 Å². The predicted octanol–water partition coefficient (Wildman–Crippen LogP) is 2.22. The van der Waals surface area contributed by atoms with Crippen molar-refractivity contribution >= 4 is 17.9 Å². The van der Waals surface area contributed by atoms with Gasteiger partial charge in [0, 0.05) is 5.02 Å². The van der Waals surface area contributed by atoms with Gasteiger partial charge in [0.2, 0.25) is 6.29 Å². The van der Waals surface area contributed by atoms with E-state index in [1.165, 1.54) is 0 Å². The first-order chi connectivity index (χ1) is 5.72. The van der Waals surface area contributed by atoms with Gasteiger partial charge < -0.3 is 4.74 Å². The molecule has 2 nitrogen and oxygen atoms in total. The fourth-order valence-electron chi connectivity index (χ4n) is 0.768. The molecule has 63 valence electrons. The zero-order valence-electron chi connectivity index (χ0n) is 6.58. The SMILES string of the molecule is CC([C]=O)Oc1cccc(Cl)c1. The summed E-state index contributed by atoms with van der Waals surface area (Å²) in [5.41, 5.74) is 0. The van der Waals surface area contributed by atoms with Crippen LogP contribution in [0.4, 0.5) is 0 Å². The Labute approximate surface area is 76.1 Å². The molecule has 1 rings (SSSR count). The van der Waals surface area contributed by atoms with Crippen molar-refractivity contribution in [3.63, 3.8) is 0 Å². The minimum atomic E-state index is -0.552. The fraction of sp³-hybridized carbons (Fsp3) is 0.222. The van der Waals surface area contributed by atoms with Crippen molar-refractivity contribution < 1.29 is 9.53 Å². The molecule has 0 aliphatic carbocycles. The number of rotatable bonds is 3. The molecule has 0 saturated carbocycles. The van der Waals surface area contributed by atoms with Crippen LogP contribution in [-0.2, 0) is 4.79 Å². The van der Waals surface area contributed by atoms with Gasteiger partial charge in [0.05, 0.1) is 0 Å². The molecule has 0 amide bonds. The summed E-state index contributed by atoms with van der Waals surface area (Å²) in [7, 11) is 0. The molecule has 0 aromatic heterocycles. The van der Waals surface area contributed by atoms with Crippen LogP contribution in [0.1, 0.15) is 6.92 Å². The van der Waals surface area contributed by atoms with Gasteiger partial charge in [-0.25, -0.2) is 0 Å². The summed E-state index contributed by atoms with van der Waals surface area (Å²) in [6.45, 7) is 1.62. The van der Waals surface area contributed by atoms with Crippen LogP contribution in [0.2, 0.25) is 5.02 Å². The highest BCUT2D eigenvalue weighted by atomic mass is 35.5. The molecule has 0 bridgehead atoms. The second-order valence-electron chi connectivity index (χ2n) is 2.34. The standard InChI is InChI=1S/C9H8ClO2/c1-7(6-11)12-9-4-2-3-8(10)5-9/h2-5,7H,1H3. The highest BCUT2D eigenvalue weighted by Gasteiger charge is 2.01. The monoisotopic (exact) mass is 183 g/mol. The third-order valence-electron chi connectivity index (χ3n) is 1.27. The van der Waals surface area contributed by atoms with Crippen molar-refractivity contribution in [3.8, 4) is 5.75 Å². The summed E-state index contributed by atoms with van der Waals surface area (Å²) in [5, 5.41) is 0.589. The molecule has 1 aromatic carbocycles. The maximum absolute atomic E-state index is 10.1. The average molecular weight is 184 g/mol. The molecule has 1 atom stereocenters. The lowest BCUT2D eigenvalue weighted by atomic mass is 10.3. The Kier molecular flexibility index (Phi) is 3.11. The summed E-state index contributed by atoms with van der Waals surface area (Å²) in [6.07, 6.45) is 1.17. The second-order valence-corrected chi connectivity index (χ2v) is 2.77. The van der Waals surface area contributed by atoms with Crippen molar-refractivity contribution in [1.82, 2.24) is 0 Å². The average Bonchev–Trinajstić information content (AvgIpc) is 2.04. The Morgan fingerprint density at radius 3 is 2.92 bits per heavy atom. The maximum atomic E-state index is 10.1. The largest absolute Gasteiger partial charge is 0.482 e. The Morgan fingerprint density at radius 1 is 1.58 bits per heavy atom. The van der Waals surface area contributed by atoms with E-state index in [1.54, 1.807) is 37.5 Å². The zero-order chi connectivity index (χ0) is 8.97. The summed E-state index contributed by atoms with van der Waals surface area (Å²) >= 11 is 5.69. The quantitative estimate of drug-likeness (QED) is 0.718. The molecule has 1 unspecified atom stereocenters. The first-order valence-electron chi connectivity index (χ1n) is 3.52. The lowest BCUT2D eigenvalue weighted by molar-refractivity contribution is 0.278. The van der Waals surface area contributed by atoms with Crippen molar-refractivity contribution in [2.75, 3.05) is 0 Å². The number of benzene rings is 1. The summed E-state index contributed by atoms with van der Waals surface area (Å²) in [4.78, 5) is 10.1. The van der Waals surface area contributed by atoms with Crippen molar-refractivity contribution in [2.24, 2.45) is 0 Å². The van der Waals surface area contributed by atoms with Gasteiger partial charge >= 0.3 is 0 Å². The molecular formula is C9H8ClO2. The van der Waals surface area contributed by atoms with Crippen LogP contribution in [0.15, 0.2) is 24.3 Å². The Bertz CT molecular complexity index is 273. The van der Waals surface area contributed by atoms with E-state index in [9.17, 15) is 4.79 Å². The topological polar surface area (TPSA) is 26.3 Å². The Hall–Kier alpha value is -1.02. The van der Waals surface area contributed by atoms with E-state index < -0.39 is 6.10 Å². The molecule has 0 spiro atoms. The fourth-order valence-corrected chi connectivity index (χ4v) is 0.949. The molecule has 1 radical (unpaired) electrons. The van der Waals surface area contributed by atoms with E-state index in [0.29, 0.717) is 10.8 Å². The molecule has 0 fully saturated rings. The Balaban J connectivity index is 2.69. The minimum absolute atomic E-state index is 0.552. The smallest absolute Gasteiger partial charge is 0.242 e. The highest BCUT2D eigenvalue weighted by molar-refractivity contribution is 6.30. The zero-order valence-corrected chi connectivity index (χ0v) is 7.34. The predicted molar refractivity (Wildman–Crippen MR) is 47.2 cm³/mol. The van der Waals surface area contributed by atoms with Crippen molar-refractivity contribution in [3.05, 3.63) is 29.3 Å². The molecule has 12 heavy (non-hydrogen) atoms. The van der Waals surface area contributed by atoms with E-state index in [2.05, 4.69) is 0 Å². The third kappa shape index (κ3) is 2.55. The van der Waals surface area contributed by atoms with Crippen LogP contribution in [0.3, 0.4) is 0 Å². The van der Waals surface area contributed by atoms with Crippen LogP contribution >= 0.6 is 11.6 Å². The van der Waals surface area contributed by atoms with Gasteiger partial charge in [-0.05, 0) is 25.1 Å². The van der Waals surface area contributed by atoms with Crippen molar-refractivity contribution in [2.45, 2.75) is 13.0 Å². The van der Waals surface area contributed by atoms with Gasteiger partial charge in [0.25, 0.3) is 0 Å². The minimum Gasteiger partial charge on any atom is -0.482 e. The first-order valence-corrected chi connectivity index (χ1v) is 3.90. The highest BCUT2D eigenvalue weighted by Crippen LogP contribution is 2.17. The van der Waals surface area contributed by atoms with E-state index in [-0.39, 0.29) is 0 Å². The number of carbonyl (C=O) groups excluding carboxylic acids is 1. The molecule has 0 heterocycles. The summed E-state index contributed by atoms with van der Waals surface area (Å²) in [6, 6.07) is 6.88. The van der Waals surface area contributed by atoms with Gasteiger partial charge in [0.15, 0.2) is 6.10 Å². The second kappa shape index (κ2) is 4.12. The normalized spacial score (nSPS) is 12.2. The van der Waals surface area contributed by atoms with Gasteiger partial charge in [0.1, 0.15) is 5.75 Å².